The summed E-state index contributed by atoms with van der Waals surface area (Å²) in [5.74, 6) is -3.71. The predicted molar refractivity (Wildman–Crippen MR) is 144 cm³/mol. The monoisotopic (exact) mass is 628 g/mol. The Kier molecular flexibility index (Phi) is 8.60. The highest BCUT2D eigenvalue weighted by atomic mass is 32.2. The Labute approximate surface area is 241 Å². The minimum absolute atomic E-state index is 0.0620. The lowest BCUT2D eigenvalue weighted by molar-refractivity contribution is -0.153. The molecule has 4 rings (SSSR count). The molecule has 3 heterocycles. The molecule has 22 heteroatoms. The van der Waals surface area contributed by atoms with Crippen LogP contribution in [0.4, 0.5) is 5.13 Å². The van der Waals surface area contributed by atoms with Crippen molar-refractivity contribution in [3.05, 3.63) is 23.0 Å². The molecule has 10 N–H and O–H groups in total. The highest BCUT2D eigenvalue weighted by molar-refractivity contribution is 7.84. The molecule has 2 atom stereocenters. The van der Waals surface area contributed by atoms with Gasteiger partial charge in [0, 0.05) is 24.8 Å². The molecular weight excluding hydrogens is 600 g/mol. The number of anilines is 1. The molecule has 1 aliphatic heterocycles. The number of guanidine groups is 1. The second-order valence-corrected chi connectivity index (χ2v) is 11.6. The number of rotatable bonds is 14. The molecule has 0 unspecified atom stereocenters. The van der Waals surface area contributed by atoms with Gasteiger partial charge in [0.25, 0.3) is 11.8 Å². The summed E-state index contributed by atoms with van der Waals surface area (Å²) in [6.07, 6.45) is 2.21. The average molecular weight is 629 g/mol. The normalized spacial score (nSPS) is 19.6. The summed E-state index contributed by atoms with van der Waals surface area (Å²) >= 11 is 0.959. The van der Waals surface area contributed by atoms with Gasteiger partial charge >= 0.3 is 16.3 Å². The molecular formula is C20H28N12O8S2. The third kappa shape index (κ3) is 6.56. The van der Waals surface area contributed by atoms with Gasteiger partial charge in [0.1, 0.15) is 23.5 Å². The molecule has 2 aromatic heterocycles. The summed E-state index contributed by atoms with van der Waals surface area (Å²) < 4.78 is 33.7. The van der Waals surface area contributed by atoms with E-state index < -0.39 is 51.5 Å². The van der Waals surface area contributed by atoms with Crippen molar-refractivity contribution < 1.29 is 37.3 Å². The second-order valence-electron chi connectivity index (χ2n) is 9.37. The number of β-lactam (4-membered cyclic amide) rings is 1. The summed E-state index contributed by atoms with van der Waals surface area (Å²) in [5, 5.41) is 32.8. The summed E-state index contributed by atoms with van der Waals surface area (Å²) in [7, 11) is -5.04. The number of carboxylic acids is 1. The molecule has 2 aliphatic rings. The van der Waals surface area contributed by atoms with E-state index in [9.17, 15) is 32.5 Å². The van der Waals surface area contributed by atoms with Gasteiger partial charge in [-0.2, -0.15) is 23.4 Å². The fraction of sp³-hybridized carbons (Fsp3) is 0.500. The van der Waals surface area contributed by atoms with E-state index in [0.717, 1.165) is 16.1 Å². The highest BCUT2D eigenvalue weighted by Gasteiger charge is 2.56. The predicted octanol–water partition coefficient (Wildman–Crippen LogP) is -3.10. The smallest absolute Gasteiger partial charge is 0.362 e. The van der Waals surface area contributed by atoms with E-state index in [1.54, 1.807) is 0 Å². The van der Waals surface area contributed by atoms with Gasteiger partial charge in [-0.3, -0.25) is 19.6 Å². The molecule has 0 spiro atoms. The van der Waals surface area contributed by atoms with E-state index >= 15 is 0 Å². The van der Waals surface area contributed by atoms with Gasteiger partial charge in [0.15, 0.2) is 16.8 Å². The van der Waals surface area contributed by atoms with Crippen LogP contribution in [0.5, 0.6) is 0 Å². The Hall–Kier alpha value is -4.41. The topological polar surface area (TPSA) is 311 Å². The summed E-state index contributed by atoms with van der Waals surface area (Å²) in [6, 6.07) is -2.86. The van der Waals surface area contributed by atoms with E-state index in [2.05, 4.69) is 25.7 Å². The molecule has 2 aromatic rings. The van der Waals surface area contributed by atoms with Gasteiger partial charge in [0.2, 0.25) is 5.60 Å². The van der Waals surface area contributed by atoms with E-state index in [4.69, 9.17) is 27.4 Å². The zero-order chi connectivity index (χ0) is 30.8. The van der Waals surface area contributed by atoms with Crippen LogP contribution in [0.25, 0.3) is 0 Å². The van der Waals surface area contributed by atoms with Crippen LogP contribution in [0.15, 0.2) is 16.7 Å². The van der Waals surface area contributed by atoms with Crippen LogP contribution >= 0.6 is 11.3 Å². The molecule has 228 valence electrons. The fourth-order valence-electron chi connectivity index (χ4n) is 3.97. The zero-order valence-electron chi connectivity index (χ0n) is 21.8. The maximum atomic E-state index is 13.2. The van der Waals surface area contributed by atoms with Crippen LogP contribution in [-0.4, -0.2) is 107 Å². The van der Waals surface area contributed by atoms with Gasteiger partial charge in [-0.15, -0.1) is 11.3 Å². The zero-order valence-corrected chi connectivity index (χ0v) is 23.4. The van der Waals surface area contributed by atoms with Crippen LogP contribution in [0.3, 0.4) is 0 Å². The lowest BCUT2D eigenvalue weighted by atomic mass is 9.98. The number of nitrogens with one attached hydrogen (secondary N) is 2. The minimum Gasteiger partial charge on any atom is -0.478 e. The van der Waals surface area contributed by atoms with Gasteiger partial charge in [-0.25, -0.2) is 14.1 Å². The number of carboxylic acid groups (broad SMARTS) is 1. The first-order valence-corrected chi connectivity index (χ1v) is 14.5. The molecule has 2 amide bonds. The summed E-state index contributed by atoms with van der Waals surface area (Å²) in [5.41, 5.74) is 14.9. The van der Waals surface area contributed by atoms with Crippen molar-refractivity contribution in [1.82, 2.24) is 34.5 Å². The number of carbonyl (C=O) groups is 3. The molecule has 0 radical (unpaired) electrons. The third-order valence-corrected chi connectivity index (χ3v) is 7.97. The largest absolute Gasteiger partial charge is 0.478 e. The van der Waals surface area contributed by atoms with Crippen molar-refractivity contribution in [1.29, 1.82) is 5.41 Å². The number of thiazole rings is 1. The first-order chi connectivity index (χ1) is 19.8. The van der Waals surface area contributed by atoms with E-state index in [-0.39, 0.29) is 47.0 Å². The van der Waals surface area contributed by atoms with Gasteiger partial charge in [0.05, 0.1) is 19.3 Å². The molecule has 2 fully saturated rings. The fourth-order valence-corrected chi connectivity index (χ4v) is 5.38. The third-order valence-electron chi connectivity index (χ3n) is 6.35. The molecule has 1 saturated carbocycles. The van der Waals surface area contributed by atoms with E-state index in [0.29, 0.717) is 25.2 Å². The number of aliphatic carboxylic acids is 1. The maximum Gasteiger partial charge on any atom is 0.362 e. The Morgan fingerprint density at radius 1 is 1.38 bits per heavy atom. The number of nitrogens with two attached hydrogens (primary N) is 3. The number of oxime groups is 1. The number of hydrogen-bond donors (Lipinski definition) is 7. The van der Waals surface area contributed by atoms with Crippen molar-refractivity contribution in [3.8, 4) is 0 Å². The van der Waals surface area contributed by atoms with Crippen LogP contribution in [0.1, 0.15) is 30.7 Å². The number of carbonyl (C=O) groups excluding carboxylic acids is 2. The van der Waals surface area contributed by atoms with Crippen molar-refractivity contribution >= 4 is 56.2 Å². The SMILES string of the molecule is N=C(N)N(CCCN)Cc1cnn(C[C@H]2[C@H](NC(=O)C(=NOC3(C(=O)O)CC3)c3csc(N)n3)C(=O)N2S(=O)(=O)O)n1. The average Bonchev–Trinajstić information content (AvgIpc) is 3.38. The first kappa shape index (κ1) is 30.5. The maximum absolute atomic E-state index is 13.2. The molecule has 0 aromatic carbocycles. The van der Waals surface area contributed by atoms with Crippen LogP contribution in [-0.2, 0) is 42.6 Å². The van der Waals surface area contributed by atoms with Crippen molar-refractivity contribution in [2.75, 3.05) is 18.8 Å². The van der Waals surface area contributed by atoms with Crippen LogP contribution in [0.2, 0.25) is 0 Å². The van der Waals surface area contributed by atoms with Gasteiger partial charge in [-0.1, -0.05) is 5.16 Å². The first-order valence-electron chi connectivity index (χ1n) is 12.3. The van der Waals surface area contributed by atoms with Crippen LogP contribution < -0.4 is 22.5 Å². The lowest BCUT2D eigenvalue weighted by Crippen LogP contribution is -2.73. The number of hydrogen-bond acceptors (Lipinski definition) is 14. The highest BCUT2D eigenvalue weighted by Crippen LogP contribution is 2.40. The van der Waals surface area contributed by atoms with Gasteiger partial charge in [-0.05, 0) is 13.0 Å². The minimum atomic E-state index is -5.04. The number of nitrogens with zero attached hydrogens (tertiary/aromatic N) is 7. The van der Waals surface area contributed by atoms with E-state index in [1.807, 2.05) is 0 Å². The molecule has 42 heavy (non-hydrogen) atoms. The quantitative estimate of drug-likeness (QED) is 0.0358. The Morgan fingerprint density at radius 3 is 2.64 bits per heavy atom. The number of aromatic nitrogens is 4. The van der Waals surface area contributed by atoms with Crippen LogP contribution in [0, 0.1) is 5.41 Å². The number of amides is 2. The summed E-state index contributed by atoms with van der Waals surface area (Å²) in [6.45, 7) is 0.468. The molecule has 0 bridgehead atoms. The Bertz CT molecular complexity index is 1520. The molecule has 1 aliphatic carbocycles. The number of nitrogen functional groups attached to an aromatic ring is 1. The Balaban J connectivity index is 1.53. The van der Waals surface area contributed by atoms with E-state index in [1.165, 1.54) is 16.5 Å². The van der Waals surface area contributed by atoms with Crippen molar-refractivity contribution in [2.24, 2.45) is 16.6 Å². The second kappa shape index (κ2) is 11.8. The van der Waals surface area contributed by atoms with Crippen molar-refractivity contribution in [2.45, 2.75) is 50.0 Å². The van der Waals surface area contributed by atoms with Crippen molar-refractivity contribution in [3.63, 3.8) is 0 Å². The molecule has 1 saturated heterocycles. The Morgan fingerprint density at radius 2 is 2.10 bits per heavy atom. The lowest BCUT2D eigenvalue weighted by Gasteiger charge is -2.43. The van der Waals surface area contributed by atoms with Gasteiger partial charge < -0.3 is 37.4 Å². The standard InChI is InChI=1S/C20H28N12O8S2/c21-4-1-5-30(18(22)23)7-10-6-25-31(28-10)8-12-14(16(34)32(12)42(37,38)39)27-15(33)13(11-9-41-19(24)26-11)29-40-20(2-3-20)17(35)36/h6,9,12,14H,1-5,7-8,21H2,(H3,22,23)(H2,24,26)(H,27,33)(H,35,36)(H,37,38,39)/t12-,14-/m0/s1. The summed E-state index contributed by atoms with van der Waals surface area (Å²) in [4.78, 5) is 49.1. The molecule has 20 nitrogen and oxygen atoms in total.